The zero-order valence-electron chi connectivity index (χ0n) is 10.5. The van der Waals surface area contributed by atoms with Crippen LogP contribution in [-0.4, -0.2) is 63.0 Å². The number of carbonyl (C=O) groups excluding carboxylic acids is 1. The van der Waals surface area contributed by atoms with Gasteiger partial charge in [0.1, 0.15) is 12.6 Å². The molecule has 1 atom stereocenters. The first-order valence-electron chi connectivity index (χ1n) is 5.59. The Hall–Kier alpha value is -1.48. The van der Waals surface area contributed by atoms with Gasteiger partial charge in [-0.05, 0) is 0 Å². The van der Waals surface area contributed by atoms with E-state index in [1.54, 1.807) is 0 Å². The van der Waals surface area contributed by atoms with Crippen molar-refractivity contribution in [2.24, 2.45) is 0 Å². The van der Waals surface area contributed by atoms with E-state index in [2.05, 4.69) is 15.4 Å². The number of nitrogens with one attached hydrogen (secondary N) is 2. The van der Waals surface area contributed by atoms with Crippen LogP contribution in [0.2, 0.25) is 0 Å². The summed E-state index contributed by atoms with van der Waals surface area (Å²) in [5.74, 6) is -1.18. The molecule has 9 heteroatoms. The van der Waals surface area contributed by atoms with Gasteiger partial charge in [0.25, 0.3) is 6.43 Å². The number of rotatable bonds is 10. The number of hydrogen-bond acceptors (Lipinski definition) is 4. The minimum absolute atomic E-state index is 0.00910. The van der Waals surface area contributed by atoms with Crippen LogP contribution < -0.4 is 10.6 Å². The maximum Gasteiger partial charge on any atom is 0.326 e. The number of alkyl halides is 2. The topological polar surface area (TPSA) is 96.9 Å². The molecule has 112 valence electrons. The van der Waals surface area contributed by atoms with Gasteiger partial charge in [-0.1, -0.05) is 0 Å². The number of ether oxygens (including phenoxy) is 2. The molecule has 0 aromatic heterocycles. The molecule has 7 nitrogen and oxygen atoms in total. The first-order chi connectivity index (χ1) is 8.97. The molecule has 0 rings (SSSR count). The third-order valence-corrected chi connectivity index (χ3v) is 1.99. The Morgan fingerprint density at radius 2 is 2.00 bits per heavy atom. The highest BCUT2D eigenvalue weighted by Gasteiger charge is 2.19. The predicted octanol–water partition coefficient (Wildman–Crippen LogP) is 0.0570. The quantitative estimate of drug-likeness (QED) is 0.493. The van der Waals surface area contributed by atoms with Gasteiger partial charge in [-0.2, -0.15) is 0 Å². The molecule has 0 saturated carbocycles. The zero-order chi connectivity index (χ0) is 14.7. The van der Waals surface area contributed by atoms with Crippen LogP contribution in [0.5, 0.6) is 0 Å². The predicted molar refractivity (Wildman–Crippen MR) is 61.3 cm³/mol. The van der Waals surface area contributed by atoms with Crippen molar-refractivity contribution in [1.82, 2.24) is 10.6 Å². The van der Waals surface area contributed by atoms with E-state index >= 15 is 0 Å². The molecule has 0 aliphatic rings. The van der Waals surface area contributed by atoms with E-state index in [0.717, 1.165) is 0 Å². The lowest BCUT2D eigenvalue weighted by atomic mass is 10.2. The van der Waals surface area contributed by atoms with E-state index in [-0.39, 0.29) is 26.2 Å². The SMILES string of the molecule is COCCC(NC(=O)NCCOCC(F)F)C(=O)O. The average Bonchev–Trinajstić information content (AvgIpc) is 2.33. The summed E-state index contributed by atoms with van der Waals surface area (Å²) in [6, 6.07) is -1.77. The first-order valence-corrected chi connectivity index (χ1v) is 5.59. The summed E-state index contributed by atoms with van der Waals surface area (Å²) >= 11 is 0. The molecule has 0 aliphatic carbocycles. The fourth-order valence-corrected chi connectivity index (χ4v) is 1.11. The molecule has 3 N–H and O–H groups in total. The number of amides is 2. The molecule has 0 aromatic rings. The number of carbonyl (C=O) groups is 2. The second-order valence-electron chi connectivity index (χ2n) is 3.54. The molecule has 1 unspecified atom stereocenters. The van der Waals surface area contributed by atoms with Crippen molar-refractivity contribution in [3.05, 3.63) is 0 Å². The first kappa shape index (κ1) is 17.5. The Bertz CT molecular complexity index is 279. The van der Waals surface area contributed by atoms with Gasteiger partial charge in [0.2, 0.25) is 0 Å². The molecule has 19 heavy (non-hydrogen) atoms. The third-order valence-electron chi connectivity index (χ3n) is 1.99. The van der Waals surface area contributed by atoms with Crippen LogP contribution in [0.3, 0.4) is 0 Å². The number of urea groups is 1. The summed E-state index contributed by atoms with van der Waals surface area (Å²) in [6.07, 6.45) is -2.43. The number of carboxylic acids is 1. The fourth-order valence-electron chi connectivity index (χ4n) is 1.11. The van der Waals surface area contributed by atoms with Crippen molar-refractivity contribution in [3.63, 3.8) is 0 Å². The Balaban J connectivity index is 3.77. The van der Waals surface area contributed by atoms with Gasteiger partial charge in [0.05, 0.1) is 6.61 Å². The van der Waals surface area contributed by atoms with E-state index in [9.17, 15) is 18.4 Å². The molecule has 0 spiro atoms. The van der Waals surface area contributed by atoms with E-state index in [1.807, 2.05) is 0 Å². The van der Waals surface area contributed by atoms with E-state index in [4.69, 9.17) is 9.84 Å². The van der Waals surface area contributed by atoms with Gasteiger partial charge < -0.3 is 25.2 Å². The number of methoxy groups -OCH3 is 1. The van der Waals surface area contributed by atoms with Gasteiger partial charge >= 0.3 is 12.0 Å². The number of halogens is 2. The summed E-state index contributed by atoms with van der Waals surface area (Å²) in [6.45, 7) is -0.577. The second-order valence-corrected chi connectivity index (χ2v) is 3.54. The van der Waals surface area contributed by atoms with Crippen molar-refractivity contribution in [2.75, 3.05) is 33.5 Å². The van der Waals surface area contributed by atoms with Gasteiger partial charge in [-0.3, -0.25) is 0 Å². The van der Waals surface area contributed by atoms with E-state index in [1.165, 1.54) is 7.11 Å². The maximum atomic E-state index is 11.7. The van der Waals surface area contributed by atoms with E-state index < -0.39 is 31.1 Å². The summed E-state index contributed by atoms with van der Waals surface area (Å²) in [5, 5.41) is 13.3. The number of carboxylic acid groups (broad SMARTS) is 1. The van der Waals surface area contributed by atoms with Gasteiger partial charge in [0.15, 0.2) is 0 Å². The second kappa shape index (κ2) is 10.4. The monoisotopic (exact) mass is 284 g/mol. The largest absolute Gasteiger partial charge is 0.480 e. The minimum Gasteiger partial charge on any atom is -0.480 e. The molecule has 0 radical (unpaired) electrons. The van der Waals surface area contributed by atoms with Crippen LogP contribution in [0, 0.1) is 0 Å². The lowest BCUT2D eigenvalue weighted by Crippen LogP contribution is -2.47. The highest BCUT2D eigenvalue weighted by atomic mass is 19.3. The minimum atomic E-state index is -2.56. The Labute approximate surface area is 109 Å². The summed E-state index contributed by atoms with van der Waals surface area (Å²) in [5.41, 5.74) is 0. The zero-order valence-corrected chi connectivity index (χ0v) is 10.5. The van der Waals surface area contributed by atoms with Gasteiger partial charge in [-0.25, -0.2) is 18.4 Å². The molecule has 2 amide bonds. The Morgan fingerprint density at radius 1 is 1.32 bits per heavy atom. The van der Waals surface area contributed by atoms with Crippen molar-refractivity contribution in [2.45, 2.75) is 18.9 Å². The molecular formula is C10H18F2N2O5. The smallest absolute Gasteiger partial charge is 0.326 e. The average molecular weight is 284 g/mol. The lowest BCUT2D eigenvalue weighted by molar-refractivity contribution is -0.139. The highest BCUT2D eigenvalue weighted by molar-refractivity contribution is 5.82. The normalized spacial score (nSPS) is 12.2. The van der Waals surface area contributed by atoms with Crippen molar-refractivity contribution in [3.8, 4) is 0 Å². The summed E-state index contributed by atoms with van der Waals surface area (Å²) in [4.78, 5) is 22.1. The van der Waals surface area contributed by atoms with Crippen LogP contribution in [0.15, 0.2) is 0 Å². The van der Waals surface area contributed by atoms with Crippen molar-refractivity contribution < 1.29 is 33.0 Å². The van der Waals surface area contributed by atoms with Crippen molar-refractivity contribution >= 4 is 12.0 Å². The summed E-state index contributed by atoms with van der Waals surface area (Å²) in [7, 11) is 1.42. The molecule has 0 bridgehead atoms. The Kier molecular flexibility index (Phi) is 9.63. The number of hydrogen-bond donors (Lipinski definition) is 3. The fraction of sp³-hybridized carbons (Fsp3) is 0.800. The highest BCUT2D eigenvalue weighted by Crippen LogP contribution is 1.93. The molecule has 0 saturated heterocycles. The third kappa shape index (κ3) is 10.2. The van der Waals surface area contributed by atoms with Crippen LogP contribution in [0.1, 0.15) is 6.42 Å². The summed E-state index contributed by atoms with van der Waals surface area (Å²) < 4.78 is 32.6. The maximum absolute atomic E-state index is 11.7. The Morgan fingerprint density at radius 3 is 2.53 bits per heavy atom. The van der Waals surface area contributed by atoms with Crippen molar-refractivity contribution in [1.29, 1.82) is 0 Å². The molecular weight excluding hydrogens is 266 g/mol. The molecule has 0 fully saturated rings. The van der Waals surface area contributed by atoms with Gasteiger partial charge in [-0.15, -0.1) is 0 Å². The van der Waals surface area contributed by atoms with Crippen LogP contribution in [0.25, 0.3) is 0 Å². The molecule has 0 heterocycles. The standard InChI is InChI=1S/C10H18F2N2O5/c1-18-4-2-7(9(15)16)14-10(17)13-3-5-19-6-8(11)12/h7-8H,2-6H2,1H3,(H,15,16)(H2,13,14,17). The van der Waals surface area contributed by atoms with Crippen LogP contribution in [0.4, 0.5) is 13.6 Å². The molecule has 0 aromatic carbocycles. The number of aliphatic carboxylic acids is 1. The van der Waals surface area contributed by atoms with Crippen LogP contribution >= 0.6 is 0 Å². The van der Waals surface area contributed by atoms with E-state index in [0.29, 0.717) is 0 Å². The van der Waals surface area contributed by atoms with Gasteiger partial charge in [0, 0.05) is 26.7 Å². The lowest BCUT2D eigenvalue weighted by Gasteiger charge is -2.14. The van der Waals surface area contributed by atoms with Crippen LogP contribution in [-0.2, 0) is 14.3 Å². The molecule has 0 aliphatic heterocycles.